The van der Waals surface area contributed by atoms with E-state index < -0.39 is 0 Å². The second-order valence-electron chi connectivity index (χ2n) is 3.99. The summed E-state index contributed by atoms with van der Waals surface area (Å²) in [4.78, 5) is 6.91. The van der Waals surface area contributed by atoms with Gasteiger partial charge in [0, 0.05) is 25.0 Å². The van der Waals surface area contributed by atoms with E-state index in [1.807, 2.05) is 0 Å². The lowest BCUT2D eigenvalue weighted by atomic mass is 10.1. The molecule has 0 amide bonds. The number of aliphatic hydroxyl groups is 1. The Morgan fingerprint density at radius 3 is 2.80 bits per heavy atom. The molecule has 0 aliphatic carbocycles. The molecule has 1 aromatic heterocycles. The van der Waals surface area contributed by atoms with E-state index in [2.05, 4.69) is 29.1 Å². The second kappa shape index (κ2) is 7.68. The summed E-state index contributed by atoms with van der Waals surface area (Å²) in [5.74, 6) is 0.541. The summed E-state index contributed by atoms with van der Waals surface area (Å²) in [6.07, 6.45) is 4.03. The quantitative estimate of drug-likeness (QED) is 0.695. The van der Waals surface area contributed by atoms with Gasteiger partial charge in [0.2, 0.25) is 0 Å². The van der Waals surface area contributed by atoms with Crippen molar-refractivity contribution in [2.24, 2.45) is 5.92 Å². The minimum Gasteiger partial charge on any atom is -0.392 e. The predicted octanol–water partition coefficient (Wildman–Crippen LogP) is 1.33. The van der Waals surface area contributed by atoms with E-state index in [-0.39, 0.29) is 18.5 Å². The van der Waals surface area contributed by atoms with Crippen LogP contribution in [-0.4, -0.2) is 27.7 Å². The van der Waals surface area contributed by atoms with Gasteiger partial charge in [-0.2, -0.15) is 0 Å². The number of hydrogen-bond donors (Lipinski definition) is 3. The van der Waals surface area contributed by atoms with E-state index in [4.69, 9.17) is 0 Å². The Kier molecular flexibility index (Phi) is 7.38. The highest BCUT2D eigenvalue weighted by molar-refractivity contribution is 5.85. The summed E-state index contributed by atoms with van der Waals surface area (Å²) < 4.78 is 0. The van der Waals surface area contributed by atoms with Crippen molar-refractivity contribution in [2.75, 3.05) is 6.54 Å². The average molecular weight is 234 g/mol. The van der Waals surface area contributed by atoms with Crippen LogP contribution >= 0.6 is 12.4 Å². The van der Waals surface area contributed by atoms with Crippen molar-refractivity contribution in [3.63, 3.8) is 0 Å². The SMILES string of the molecule is CC(C)CC(O)CNCc1cnc[nH]1.Cl. The Morgan fingerprint density at radius 1 is 1.53 bits per heavy atom. The van der Waals surface area contributed by atoms with Gasteiger partial charge in [0.15, 0.2) is 0 Å². The zero-order valence-electron chi connectivity index (χ0n) is 9.23. The second-order valence-corrected chi connectivity index (χ2v) is 3.99. The molecule has 0 spiro atoms. The molecule has 1 atom stereocenters. The highest BCUT2D eigenvalue weighted by Gasteiger charge is 2.05. The number of hydrogen-bond acceptors (Lipinski definition) is 3. The average Bonchev–Trinajstić information content (AvgIpc) is 2.55. The molecule has 0 aromatic carbocycles. The van der Waals surface area contributed by atoms with Crippen molar-refractivity contribution in [1.29, 1.82) is 0 Å². The Hall–Kier alpha value is -0.580. The van der Waals surface area contributed by atoms with Crippen LogP contribution < -0.4 is 5.32 Å². The normalized spacial score (nSPS) is 12.5. The van der Waals surface area contributed by atoms with Crippen LogP contribution in [0.4, 0.5) is 0 Å². The number of aromatic amines is 1. The lowest BCUT2D eigenvalue weighted by molar-refractivity contribution is 0.146. The summed E-state index contributed by atoms with van der Waals surface area (Å²) >= 11 is 0. The van der Waals surface area contributed by atoms with Gasteiger partial charge in [0.05, 0.1) is 12.4 Å². The van der Waals surface area contributed by atoms with Crippen LogP contribution in [-0.2, 0) is 6.54 Å². The molecular weight excluding hydrogens is 214 g/mol. The van der Waals surface area contributed by atoms with Gasteiger partial charge in [0.1, 0.15) is 0 Å². The van der Waals surface area contributed by atoms with Crippen molar-refractivity contribution < 1.29 is 5.11 Å². The highest BCUT2D eigenvalue weighted by atomic mass is 35.5. The summed E-state index contributed by atoms with van der Waals surface area (Å²) in [6.45, 7) is 5.59. The molecule has 1 aromatic rings. The molecular formula is C10H20ClN3O. The lowest BCUT2D eigenvalue weighted by Gasteiger charge is -2.13. The highest BCUT2D eigenvalue weighted by Crippen LogP contribution is 2.03. The molecule has 0 aliphatic rings. The Labute approximate surface area is 96.9 Å². The van der Waals surface area contributed by atoms with E-state index in [9.17, 15) is 5.11 Å². The Morgan fingerprint density at radius 2 is 2.27 bits per heavy atom. The maximum Gasteiger partial charge on any atom is 0.0922 e. The Balaban J connectivity index is 0.00000196. The van der Waals surface area contributed by atoms with Crippen LogP contribution in [0.25, 0.3) is 0 Å². The molecule has 0 aliphatic heterocycles. The van der Waals surface area contributed by atoms with Crippen LogP contribution in [0, 0.1) is 5.92 Å². The number of rotatable bonds is 6. The molecule has 3 N–H and O–H groups in total. The standard InChI is InChI=1S/C10H19N3O.ClH/c1-8(2)3-10(14)6-11-4-9-5-12-7-13-9;/h5,7-8,10-11,14H,3-4,6H2,1-2H3,(H,12,13);1H. The van der Waals surface area contributed by atoms with Gasteiger partial charge in [0.25, 0.3) is 0 Å². The number of halogens is 1. The topological polar surface area (TPSA) is 60.9 Å². The monoisotopic (exact) mass is 233 g/mol. The molecule has 15 heavy (non-hydrogen) atoms. The number of nitrogens with one attached hydrogen (secondary N) is 2. The van der Waals surface area contributed by atoms with Crippen LogP contribution in [0.2, 0.25) is 0 Å². The fourth-order valence-corrected chi connectivity index (χ4v) is 1.38. The minimum absolute atomic E-state index is 0. The minimum atomic E-state index is -0.252. The third-order valence-corrected chi connectivity index (χ3v) is 1.99. The van der Waals surface area contributed by atoms with Crippen molar-refractivity contribution in [3.05, 3.63) is 18.2 Å². The van der Waals surface area contributed by atoms with Gasteiger partial charge >= 0.3 is 0 Å². The largest absolute Gasteiger partial charge is 0.392 e. The van der Waals surface area contributed by atoms with Gasteiger partial charge in [-0.3, -0.25) is 0 Å². The number of imidazole rings is 1. The fraction of sp³-hybridized carbons (Fsp3) is 0.700. The zero-order valence-corrected chi connectivity index (χ0v) is 10.0. The molecule has 0 bridgehead atoms. The maximum absolute atomic E-state index is 9.56. The number of H-pyrrole nitrogens is 1. The van der Waals surface area contributed by atoms with Crippen LogP contribution in [0.1, 0.15) is 26.0 Å². The first-order valence-electron chi connectivity index (χ1n) is 5.04. The molecule has 0 radical (unpaired) electrons. The molecule has 5 heteroatoms. The van der Waals surface area contributed by atoms with E-state index in [0.29, 0.717) is 12.5 Å². The summed E-state index contributed by atoms with van der Waals surface area (Å²) in [7, 11) is 0. The van der Waals surface area contributed by atoms with E-state index in [1.165, 1.54) is 0 Å². The van der Waals surface area contributed by atoms with Crippen LogP contribution in [0.15, 0.2) is 12.5 Å². The number of aromatic nitrogens is 2. The first kappa shape index (κ1) is 14.4. The van der Waals surface area contributed by atoms with Gasteiger partial charge in [-0.25, -0.2) is 4.98 Å². The van der Waals surface area contributed by atoms with E-state index in [1.54, 1.807) is 12.5 Å². The van der Waals surface area contributed by atoms with Crippen molar-refractivity contribution >= 4 is 12.4 Å². The number of aliphatic hydroxyl groups excluding tert-OH is 1. The molecule has 1 heterocycles. The molecule has 1 unspecified atom stereocenters. The van der Waals surface area contributed by atoms with Crippen molar-refractivity contribution in [2.45, 2.75) is 32.9 Å². The smallest absolute Gasteiger partial charge is 0.0922 e. The summed E-state index contributed by atoms with van der Waals surface area (Å²) in [5.41, 5.74) is 1.04. The first-order valence-corrected chi connectivity index (χ1v) is 5.04. The third-order valence-electron chi connectivity index (χ3n) is 1.99. The molecule has 4 nitrogen and oxygen atoms in total. The Bertz CT molecular complexity index is 239. The maximum atomic E-state index is 9.56. The van der Waals surface area contributed by atoms with Crippen LogP contribution in [0.5, 0.6) is 0 Å². The molecule has 88 valence electrons. The van der Waals surface area contributed by atoms with E-state index >= 15 is 0 Å². The predicted molar refractivity (Wildman–Crippen MR) is 63.0 cm³/mol. The molecule has 0 saturated heterocycles. The molecule has 1 rings (SSSR count). The third kappa shape index (κ3) is 6.49. The van der Waals surface area contributed by atoms with Gasteiger partial charge in [-0.1, -0.05) is 13.8 Å². The molecule has 0 saturated carbocycles. The van der Waals surface area contributed by atoms with Gasteiger partial charge < -0.3 is 15.4 Å². The van der Waals surface area contributed by atoms with Gasteiger partial charge in [-0.05, 0) is 12.3 Å². The van der Waals surface area contributed by atoms with Crippen molar-refractivity contribution in [3.8, 4) is 0 Å². The summed E-state index contributed by atoms with van der Waals surface area (Å²) in [5, 5.41) is 12.7. The fourth-order valence-electron chi connectivity index (χ4n) is 1.38. The van der Waals surface area contributed by atoms with E-state index in [0.717, 1.165) is 18.7 Å². The van der Waals surface area contributed by atoms with Crippen molar-refractivity contribution in [1.82, 2.24) is 15.3 Å². The van der Waals surface area contributed by atoms with Gasteiger partial charge in [-0.15, -0.1) is 12.4 Å². The van der Waals surface area contributed by atoms with Crippen LogP contribution in [0.3, 0.4) is 0 Å². The zero-order chi connectivity index (χ0) is 10.4. The number of nitrogens with zero attached hydrogens (tertiary/aromatic N) is 1. The lowest BCUT2D eigenvalue weighted by Crippen LogP contribution is -2.27. The first-order chi connectivity index (χ1) is 6.68. The molecule has 0 fully saturated rings. The summed E-state index contributed by atoms with van der Waals surface area (Å²) in [6, 6.07) is 0.